The molecule has 46 heavy (non-hydrogen) atoms. The molecule has 0 aromatic carbocycles. The van der Waals surface area contributed by atoms with Crippen molar-refractivity contribution in [1.82, 2.24) is 5.32 Å². The van der Waals surface area contributed by atoms with E-state index < -0.39 is 75.2 Å². The van der Waals surface area contributed by atoms with Crippen molar-refractivity contribution in [3.63, 3.8) is 0 Å². The van der Waals surface area contributed by atoms with Gasteiger partial charge in [0.25, 0.3) is 0 Å². The number of aliphatic hydroxyl groups is 7. The zero-order valence-corrected chi connectivity index (χ0v) is 28.4. The fraction of sp³-hybridized carbons (Fsp3) is 0.844. The van der Waals surface area contributed by atoms with Gasteiger partial charge in [0.05, 0.1) is 31.3 Å². The highest BCUT2D eigenvalue weighted by Crippen LogP contribution is 2.47. The average molecular weight is 682 g/mol. The molecule has 8 unspecified atom stereocenters. The van der Waals surface area contributed by atoms with Crippen LogP contribution in [-0.4, -0.2) is 108 Å². The van der Waals surface area contributed by atoms with Crippen LogP contribution < -0.4 is 5.32 Å². The van der Waals surface area contributed by atoms with Crippen molar-refractivity contribution >= 4 is 13.7 Å². The Morgan fingerprint density at radius 1 is 0.761 bits per heavy atom. The zero-order chi connectivity index (χ0) is 34.5. The van der Waals surface area contributed by atoms with Gasteiger partial charge in [-0.2, -0.15) is 0 Å². The summed E-state index contributed by atoms with van der Waals surface area (Å²) in [6.45, 7) is 3.53. The molecule has 8 atom stereocenters. The van der Waals surface area contributed by atoms with E-state index in [0.29, 0.717) is 12.8 Å². The number of aliphatic hydroxyl groups excluding tert-OH is 7. The van der Waals surface area contributed by atoms with Gasteiger partial charge in [-0.1, -0.05) is 89.5 Å². The van der Waals surface area contributed by atoms with E-state index in [2.05, 4.69) is 31.3 Å². The van der Waals surface area contributed by atoms with E-state index >= 15 is 0 Å². The smallest absolute Gasteiger partial charge is 0.393 e. The lowest BCUT2D eigenvalue weighted by Crippen LogP contribution is -2.64. The highest BCUT2D eigenvalue weighted by Gasteiger charge is 2.51. The Hall–Kier alpha value is -1.22. The summed E-state index contributed by atoms with van der Waals surface area (Å²) in [5.41, 5.74) is 0. The summed E-state index contributed by atoms with van der Waals surface area (Å²) in [4.78, 5) is 23.0. The molecule has 14 heteroatoms. The first-order valence-corrected chi connectivity index (χ1v) is 18.4. The summed E-state index contributed by atoms with van der Waals surface area (Å²) in [5.74, 6) is -0.612. The van der Waals surface area contributed by atoms with Crippen LogP contribution in [-0.2, 0) is 18.4 Å². The van der Waals surface area contributed by atoms with Crippen LogP contribution in [0.1, 0.15) is 110 Å². The van der Waals surface area contributed by atoms with Crippen LogP contribution in [0.3, 0.4) is 0 Å². The molecule has 270 valence electrons. The van der Waals surface area contributed by atoms with E-state index in [1.54, 1.807) is 6.08 Å². The Labute approximate surface area is 274 Å². The normalized spacial score (nSPS) is 27.1. The van der Waals surface area contributed by atoms with Gasteiger partial charge in [-0.25, -0.2) is 4.57 Å². The summed E-state index contributed by atoms with van der Waals surface area (Å²) >= 11 is 0. The van der Waals surface area contributed by atoms with Crippen LogP contribution in [0.5, 0.6) is 0 Å². The Morgan fingerprint density at radius 3 is 1.89 bits per heavy atom. The van der Waals surface area contributed by atoms with Crippen LogP contribution in [0.25, 0.3) is 0 Å². The maximum Gasteiger partial charge on any atom is 0.472 e. The molecule has 0 bridgehead atoms. The van der Waals surface area contributed by atoms with E-state index in [-0.39, 0.29) is 6.42 Å². The molecule has 0 spiro atoms. The monoisotopic (exact) mass is 681 g/mol. The second-order valence-corrected chi connectivity index (χ2v) is 13.6. The predicted molar refractivity (Wildman–Crippen MR) is 174 cm³/mol. The number of rotatable bonds is 25. The third kappa shape index (κ3) is 17.3. The quantitative estimate of drug-likeness (QED) is 0.0385. The van der Waals surface area contributed by atoms with Gasteiger partial charge in [-0.3, -0.25) is 13.8 Å². The minimum Gasteiger partial charge on any atom is -0.393 e. The number of phosphoric ester groups is 1. The molecule has 0 heterocycles. The Bertz CT molecular complexity index is 906. The number of nitrogens with one attached hydrogen (secondary N) is 1. The molecule has 1 rings (SSSR count). The first-order valence-electron chi connectivity index (χ1n) is 16.9. The molecule has 1 aliphatic rings. The van der Waals surface area contributed by atoms with Crippen molar-refractivity contribution in [1.29, 1.82) is 0 Å². The highest BCUT2D eigenvalue weighted by atomic mass is 31.2. The summed E-state index contributed by atoms with van der Waals surface area (Å²) < 4.78 is 22.5. The minimum absolute atomic E-state index is 0.257. The fourth-order valence-corrected chi connectivity index (χ4v) is 6.07. The van der Waals surface area contributed by atoms with Gasteiger partial charge in [-0.15, -0.1) is 0 Å². The van der Waals surface area contributed by atoms with Crippen LogP contribution in [0.4, 0.5) is 0 Å². The van der Waals surface area contributed by atoms with Crippen molar-refractivity contribution in [3.05, 3.63) is 24.3 Å². The molecule has 0 aliphatic heterocycles. The number of hydrogen-bond donors (Lipinski definition) is 9. The summed E-state index contributed by atoms with van der Waals surface area (Å²) in [5, 5.41) is 73.5. The maximum atomic E-state index is 12.8. The lowest BCUT2D eigenvalue weighted by atomic mass is 9.85. The molecule has 1 aliphatic carbocycles. The third-order valence-electron chi connectivity index (χ3n) is 8.03. The summed E-state index contributed by atoms with van der Waals surface area (Å²) in [6.07, 6.45) is 6.38. The lowest BCUT2D eigenvalue weighted by molar-refractivity contribution is -0.220. The number of carbonyl (C=O) groups is 1. The molecule has 0 saturated heterocycles. The van der Waals surface area contributed by atoms with Crippen LogP contribution >= 0.6 is 7.82 Å². The summed E-state index contributed by atoms with van der Waals surface area (Å²) in [6, 6.07) is -1.24. The van der Waals surface area contributed by atoms with Gasteiger partial charge in [0.2, 0.25) is 5.91 Å². The Balaban J connectivity index is 2.73. The molecular formula is C32H60NO12P. The Morgan fingerprint density at radius 2 is 1.28 bits per heavy atom. The van der Waals surface area contributed by atoms with Gasteiger partial charge in [-0.05, 0) is 38.5 Å². The SMILES string of the molecule is CCCC/C=C\CCCCCC(O)CC(=O)NC(COP(=O)(O)OC1C(O)C(O)C(O)C(O)C1O)C(O)/C=C/CCCCCCC. The number of allylic oxidation sites excluding steroid dienone is 3. The van der Waals surface area contributed by atoms with Crippen molar-refractivity contribution in [2.75, 3.05) is 6.61 Å². The Kier molecular flexibility index (Phi) is 22.3. The van der Waals surface area contributed by atoms with Gasteiger partial charge < -0.3 is 46.0 Å². The van der Waals surface area contributed by atoms with E-state index in [4.69, 9.17) is 9.05 Å². The van der Waals surface area contributed by atoms with Crippen molar-refractivity contribution in [3.8, 4) is 0 Å². The van der Waals surface area contributed by atoms with E-state index in [0.717, 1.165) is 70.6 Å². The van der Waals surface area contributed by atoms with Gasteiger partial charge in [0, 0.05) is 0 Å². The van der Waals surface area contributed by atoms with Crippen molar-refractivity contribution in [2.45, 2.75) is 165 Å². The first kappa shape index (κ1) is 42.8. The van der Waals surface area contributed by atoms with Crippen LogP contribution in [0.15, 0.2) is 24.3 Å². The number of carbonyl (C=O) groups excluding carboxylic acids is 1. The van der Waals surface area contributed by atoms with Gasteiger partial charge in [0.1, 0.15) is 36.6 Å². The van der Waals surface area contributed by atoms with E-state index in [9.17, 15) is 50.0 Å². The molecule has 13 nitrogen and oxygen atoms in total. The molecule has 1 amide bonds. The molecule has 1 saturated carbocycles. The number of unbranched alkanes of at least 4 members (excludes halogenated alkanes) is 10. The fourth-order valence-electron chi connectivity index (χ4n) is 5.10. The van der Waals surface area contributed by atoms with Crippen molar-refractivity contribution in [2.24, 2.45) is 0 Å². The minimum atomic E-state index is -5.12. The number of amides is 1. The summed E-state index contributed by atoms with van der Waals surface area (Å²) in [7, 11) is -5.12. The lowest BCUT2D eigenvalue weighted by Gasteiger charge is -2.41. The molecule has 0 radical (unpaired) electrons. The predicted octanol–water partition coefficient (Wildman–Crippen LogP) is 2.52. The molecule has 1 fully saturated rings. The standard InChI is InChI=1S/C32H60NO12P/c1-3-5-7-9-11-12-14-15-17-19-23(34)21-26(36)33-24(25(35)20-18-16-13-10-8-6-4-2)22-44-46(42,43)45-32-30(40)28(38)27(37)29(39)31(32)41/h9,11,18,20,23-25,27-32,34-35,37-41H,3-8,10,12-17,19,21-22H2,1-2H3,(H,33,36)(H,42,43)/b11-9-,20-18+. The second kappa shape index (κ2) is 24.0. The van der Waals surface area contributed by atoms with E-state index in [1.165, 1.54) is 12.5 Å². The maximum absolute atomic E-state index is 12.8. The van der Waals surface area contributed by atoms with Gasteiger partial charge >= 0.3 is 7.82 Å². The third-order valence-corrected chi connectivity index (χ3v) is 9.02. The first-order chi connectivity index (χ1) is 21.8. The highest BCUT2D eigenvalue weighted by molar-refractivity contribution is 7.47. The zero-order valence-electron chi connectivity index (χ0n) is 27.5. The number of hydrogen-bond acceptors (Lipinski definition) is 11. The number of phosphoric acid groups is 1. The topological polar surface area (TPSA) is 226 Å². The molecule has 9 N–H and O–H groups in total. The van der Waals surface area contributed by atoms with E-state index in [1.807, 2.05) is 0 Å². The van der Waals surface area contributed by atoms with Crippen molar-refractivity contribution < 1.29 is 59.0 Å². The van der Waals surface area contributed by atoms with Crippen LogP contribution in [0.2, 0.25) is 0 Å². The van der Waals surface area contributed by atoms with Crippen LogP contribution in [0, 0.1) is 0 Å². The molecular weight excluding hydrogens is 621 g/mol. The van der Waals surface area contributed by atoms with Gasteiger partial charge in [0.15, 0.2) is 0 Å². The molecule has 0 aromatic heterocycles. The average Bonchev–Trinajstić information content (AvgIpc) is 3.01. The molecule has 0 aromatic rings. The largest absolute Gasteiger partial charge is 0.472 e. The second-order valence-electron chi connectivity index (χ2n) is 12.2.